The Morgan fingerprint density at radius 2 is 1.79 bits per heavy atom. The highest BCUT2D eigenvalue weighted by molar-refractivity contribution is 8.19. The van der Waals surface area contributed by atoms with Gasteiger partial charge in [-0.1, -0.05) is 0 Å². The summed E-state index contributed by atoms with van der Waals surface area (Å²) < 4.78 is 4.57. The summed E-state index contributed by atoms with van der Waals surface area (Å²) in [6.07, 6.45) is 0. The molecule has 0 saturated carbocycles. The monoisotopic (exact) mass is 423 g/mol. The minimum Gasteiger partial charge on any atom is -0.465 e. The van der Waals surface area contributed by atoms with Crippen LogP contribution in [-0.4, -0.2) is 63.2 Å². The lowest BCUT2D eigenvalue weighted by Crippen LogP contribution is -2.42. The van der Waals surface area contributed by atoms with Gasteiger partial charge in [0.15, 0.2) is 0 Å². The summed E-state index contributed by atoms with van der Waals surface area (Å²) in [5.41, 5.74) is 0.656. The second-order valence-corrected chi connectivity index (χ2v) is 7.87. The van der Waals surface area contributed by atoms with Gasteiger partial charge in [0.1, 0.15) is 17.0 Å². The van der Waals surface area contributed by atoms with Gasteiger partial charge in [-0.3, -0.25) is 34.2 Å². The molecule has 5 amide bonds. The van der Waals surface area contributed by atoms with Crippen LogP contribution >= 0.6 is 23.5 Å². The molecule has 2 heterocycles. The van der Waals surface area contributed by atoms with Crippen LogP contribution < -0.4 is 10.6 Å². The molecule has 146 valence electrons. The fourth-order valence-electron chi connectivity index (χ4n) is 2.52. The minimum absolute atomic E-state index is 0.298. The molecule has 3 rings (SSSR count). The van der Waals surface area contributed by atoms with E-state index in [-0.39, 0.29) is 0 Å². The van der Waals surface area contributed by atoms with E-state index in [1.54, 1.807) is 0 Å². The summed E-state index contributed by atoms with van der Waals surface area (Å²) in [5.74, 6) is -2.49. The number of carbonyl (C=O) groups excluding carboxylic acids is 6. The molecule has 2 N–H and O–H groups in total. The van der Waals surface area contributed by atoms with Crippen molar-refractivity contribution in [1.82, 2.24) is 10.2 Å². The Morgan fingerprint density at radius 3 is 2.36 bits per heavy atom. The van der Waals surface area contributed by atoms with Gasteiger partial charge < -0.3 is 10.1 Å². The average Bonchev–Trinajstić information content (AvgIpc) is 3.14. The number of methoxy groups -OCH3 is 1. The molecule has 0 aromatic heterocycles. The predicted molar refractivity (Wildman–Crippen MR) is 99.8 cm³/mol. The molecule has 2 fully saturated rings. The number of imide groups is 2. The van der Waals surface area contributed by atoms with Gasteiger partial charge in [0, 0.05) is 5.69 Å². The van der Waals surface area contributed by atoms with Gasteiger partial charge in [0.2, 0.25) is 17.7 Å². The summed E-state index contributed by atoms with van der Waals surface area (Å²) in [6.45, 7) is -0.535. The van der Waals surface area contributed by atoms with Crippen LogP contribution in [0.15, 0.2) is 24.3 Å². The second kappa shape index (κ2) is 8.02. The van der Waals surface area contributed by atoms with E-state index in [1.807, 2.05) is 0 Å². The Bertz CT molecular complexity index is 887. The Kier molecular flexibility index (Phi) is 5.70. The van der Waals surface area contributed by atoms with E-state index >= 15 is 0 Å². The third kappa shape index (κ3) is 4.02. The van der Waals surface area contributed by atoms with Gasteiger partial charge in [-0.2, -0.15) is 0 Å². The number of nitrogens with zero attached hydrogens (tertiary/aromatic N) is 1. The first-order valence-electron chi connectivity index (χ1n) is 7.82. The van der Waals surface area contributed by atoms with E-state index in [4.69, 9.17) is 0 Å². The van der Waals surface area contributed by atoms with Crippen molar-refractivity contribution in [2.24, 2.45) is 0 Å². The Hall–Kier alpha value is -2.86. The summed E-state index contributed by atoms with van der Waals surface area (Å²) in [7, 11) is 1.25. The van der Waals surface area contributed by atoms with E-state index < -0.39 is 51.2 Å². The summed E-state index contributed by atoms with van der Waals surface area (Å²) in [5, 5.41) is 1.26. The molecule has 2 aliphatic heterocycles. The number of amides is 5. The SMILES string of the molecule is COC(=O)c1ccc(NC(=O)CN2C(=O)S[C@@H]([C@@H]3SC(=O)NC3=O)C2=O)cc1. The van der Waals surface area contributed by atoms with Crippen LogP contribution in [0.5, 0.6) is 0 Å². The van der Waals surface area contributed by atoms with Crippen LogP contribution in [0.25, 0.3) is 0 Å². The number of carbonyl (C=O) groups is 6. The van der Waals surface area contributed by atoms with Crippen molar-refractivity contribution in [1.29, 1.82) is 0 Å². The number of esters is 1. The Labute approximate surface area is 166 Å². The molecule has 0 unspecified atom stereocenters. The van der Waals surface area contributed by atoms with Crippen LogP contribution in [0.3, 0.4) is 0 Å². The Morgan fingerprint density at radius 1 is 1.11 bits per heavy atom. The number of hydrogen-bond donors (Lipinski definition) is 2. The number of anilines is 1. The van der Waals surface area contributed by atoms with E-state index in [2.05, 4.69) is 15.4 Å². The number of benzene rings is 1. The van der Waals surface area contributed by atoms with Gasteiger partial charge in [-0.25, -0.2) is 4.79 Å². The summed E-state index contributed by atoms with van der Waals surface area (Å²) >= 11 is 1.26. The third-order valence-corrected chi connectivity index (χ3v) is 6.22. The van der Waals surface area contributed by atoms with E-state index in [1.165, 1.54) is 31.4 Å². The van der Waals surface area contributed by atoms with Crippen LogP contribution in [0.2, 0.25) is 0 Å². The molecule has 0 aliphatic carbocycles. The molecule has 2 aliphatic rings. The molecule has 1 aromatic rings. The van der Waals surface area contributed by atoms with Gasteiger partial charge >= 0.3 is 5.97 Å². The van der Waals surface area contributed by atoms with E-state index in [9.17, 15) is 28.8 Å². The predicted octanol–water partition coefficient (Wildman–Crippen LogP) is 0.827. The summed E-state index contributed by atoms with van der Waals surface area (Å²) in [4.78, 5) is 71.9. The molecule has 0 radical (unpaired) electrons. The minimum atomic E-state index is -1.06. The van der Waals surface area contributed by atoms with E-state index in [0.717, 1.165) is 4.90 Å². The molecule has 12 heteroatoms. The molecule has 2 atom stereocenters. The summed E-state index contributed by atoms with van der Waals surface area (Å²) in [6, 6.07) is 5.85. The van der Waals surface area contributed by atoms with Crippen molar-refractivity contribution in [3.05, 3.63) is 29.8 Å². The third-order valence-electron chi connectivity index (χ3n) is 3.84. The molecule has 1 aromatic carbocycles. The van der Waals surface area contributed by atoms with Crippen LogP contribution in [0.1, 0.15) is 10.4 Å². The van der Waals surface area contributed by atoms with E-state index in [0.29, 0.717) is 34.8 Å². The molecule has 2 saturated heterocycles. The number of thioether (sulfide) groups is 2. The smallest absolute Gasteiger partial charge is 0.337 e. The number of hydrogen-bond acceptors (Lipinski definition) is 9. The zero-order valence-corrected chi connectivity index (χ0v) is 15.9. The number of nitrogens with one attached hydrogen (secondary N) is 2. The molecular weight excluding hydrogens is 410 g/mol. The zero-order valence-electron chi connectivity index (χ0n) is 14.3. The standard InChI is InChI=1S/C16H13N3O7S2/c1-26-14(23)7-2-4-8(5-3-7)17-9(20)6-19-13(22)11(28-16(19)25)10-12(21)18-15(24)27-10/h2-5,10-11H,6H2,1H3,(H,17,20)(H,18,21,24)/t10-,11-/m0/s1. The van der Waals surface area contributed by atoms with Crippen molar-refractivity contribution < 1.29 is 33.5 Å². The topological polar surface area (TPSA) is 139 Å². The van der Waals surface area contributed by atoms with Gasteiger partial charge in [-0.05, 0) is 47.8 Å². The number of ether oxygens (including phenoxy) is 1. The van der Waals surface area contributed by atoms with Gasteiger partial charge in [0.25, 0.3) is 10.5 Å². The lowest BCUT2D eigenvalue weighted by atomic mass is 10.2. The van der Waals surface area contributed by atoms with Gasteiger partial charge in [0.05, 0.1) is 12.7 Å². The van der Waals surface area contributed by atoms with Crippen LogP contribution in [0.4, 0.5) is 15.3 Å². The van der Waals surface area contributed by atoms with Crippen molar-refractivity contribution in [2.45, 2.75) is 10.5 Å². The van der Waals surface area contributed by atoms with Crippen molar-refractivity contribution in [3.63, 3.8) is 0 Å². The fraction of sp³-hybridized carbons (Fsp3) is 0.250. The average molecular weight is 423 g/mol. The first-order valence-corrected chi connectivity index (χ1v) is 9.58. The lowest BCUT2D eigenvalue weighted by Gasteiger charge is -2.15. The quantitative estimate of drug-likeness (QED) is 0.659. The van der Waals surface area contributed by atoms with Crippen LogP contribution in [0, 0.1) is 0 Å². The molecular formula is C16H13N3O7S2. The highest BCUT2D eigenvalue weighted by Crippen LogP contribution is 2.36. The normalized spacial score (nSPS) is 21.7. The maximum atomic E-state index is 12.4. The zero-order chi connectivity index (χ0) is 20.4. The van der Waals surface area contributed by atoms with Crippen LogP contribution in [-0.2, 0) is 19.1 Å². The van der Waals surface area contributed by atoms with Crippen molar-refractivity contribution >= 4 is 63.4 Å². The fourth-order valence-corrected chi connectivity index (χ4v) is 4.62. The molecule has 10 nitrogen and oxygen atoms in total. The molecule has 0 spiro atoms. The lowest BCUT2D eigenvalue weighted by molar-refractivity contribution is -0.131. The number of rotatable bonds is 5. The molecule has 28 heavy (non-hydrogen) atoms. The maximum Gasteiger partial charge on any atom is 0.337 e. The molecule has 0 bridgehead atoms. The second-order valence-electron chi connectivity index (χ2n) is 5.66. The first-order chi connectivity index (χ1) is 13.3. The maximum absolute atomic E-state index is 12.4. The highest BCUT2D eigenvalue weighted by atomic mass is 32.2. The Balaban J connectivity index is 1.61. The van der Waals surface area contributed by atoms with Crippen molar-refractivity contribution in [3.8, 4) is 0 Å². The highest BCUT2D eigenvalue weighted by Gasteiger charge is 2.50. The van der Waals surface area contributed by atoms with Gasteiger partial charge in [-0.15, -0.1) is 0 Å². The first kappa shape index (κ1) is 19.9. The van der Waals surface area contributed by atoms with Crippen molar-refractivity contribution in [2.75, 3.05) is 19.0 Å². The largest absolute Gasteiger partial charge is 0.465 e.